The molecule has 28 heavy (non-hydrogen) atoms. The minimum Gasteiger partial charge on any atom is -0.422 e. The Bertz CT molecular complexity index is 1020. The first-order chi connectivity index (χ1) is 13.5. The van der Waals surface area contributed by atoms with E-state index in [2.05, 4.69) is 34.7 Å². The number of ether oxygens (including phenoxy) is 1. The van der Waals surface area contributed by atoms with Crippen LogP contribution in [-0.4, -0.2) is 55.5 Å². The summed E-state index contributed by atoms with van der Waals surface area (Å²) in [4.78, 5) is 23.4. The minimum absolute atomic E-state index is 0.0937. The molecule has 0 spiro atoms. The normalized spacial score (nSPS) is 14.6. The van der Waals surface area contributed by atoms with Crippen LogP contribution in [0.25, 0.3) is 11.2 Å². The first kappa shape index (κ1) is 19.1. The molecule has 0 saturated carbocycles. The van der Waals surface area contributed by atoms with E-state index in [0.29, 0.717) is 43.5 Å². The molecule has 1 aliphatic rings. The van der Waals surface area contributed by atoms with Gasteiger partial charge in [-0.1, -0.05) is 31.7 Å². The number of nitrogens with zero attached hydrogens (tertiary/aromatic N) is 3. The highest BCUT2D eigenvalue weighted by atomic mass is 35.5. The summed E-state index contributed by atoms with van der Waals surface area (Å²) in [5.74, 6) is -0.336. The van der Waals surface area contributed by atoms with Gasteiger partial charge in [-0.25, -0.2) is 4.98 Å². The van der Waals surface area contributed by atoms with Gasteiger partial charge in [0.2, 0.25) is 5.65 Å². The number of oxazole rings is 1. The van der Waals surface area contributed by atoms with E-state index in [9.17, 15) is 4.79 Å². The van der Waals surface area contributed by atoms with Gasteiger partial charge >= 0.3 is 0 Å². The molecule has 146 valence electrons. The number of anilines is 2. The topological polar surface area (TPSA) is 80.5 Å². The summed E-state index contributed by atoms with van der Waals surface area (Å²) >= 11 is 6.26. The lowest BCUT2D eigenvalue weighted by molar-refractivity contribution is 0.102. The van der Waals surface area contributed by atoms with Crippen molar-refractivity contribution in [3.05, 3.63) is 41.0 Å². The van der Waals surface area contributed by atoms with Gasteiger partial charge in [0.1, 0.15) is 5.15 Å². The quantitative estimate of drug-likeness (QED) is 0.517. The van der Waals surface area contributed by atoms with E-state index in [0.717, 1.165) is 5.69 Å². The van der Waals surface area contributed by atoms with Crippen molar-refractivity contribution < 1.29 is 13.9 Å². The van der Waals surface area contributed by atoms with Gasteiger partial charge in [-0.3, -0.25) is 4.79 Å². The van der Waals surface area contributed by atoms with Crippen molar-refractivity contribution in [2.75, 3.05) is 49.8 Å². The molecule has 0 bridgehead atoms. The summed E-state index contributed by atoms with van der Waals surface area (Å²) in [7, 11) is -0.251. The Labute approximate surface area is 168 Å². The number of amides is 1. The first-order valence-electron chi connectivity index (χ1n) is 8.90. The summed E-state index contributed by atoms with van der Waals surface area (Å²) in [5, 5.41) is 4.19. The summed E-state index contributed by atoms with van der Waals surface area (Å²) in [6, 6.07) is 9.88. The van der Waals surface area contributed by atoms with Crippen molar-refractivity contribution in [2.45, 2.75) is 0 Å². The van der Waals surface area contributed by atoms with E-state index >= 15 is 0 Å². The Balaban J connectivity index is 1.59. The number of benzene rings is 1. The second-order valence-electron chi connectivity index (χ2n) is 6.64. The average Bonchev–Trinajstić information content (AvgIpc) is 3.11. The number of fused-ring (bicyclic) bond motifs is 1. The Hall–Kier alpha value is -2.21. The summed E-state index contributed by atoms with van der Waals surface area (Å²) < 4.78 is 11.2. The van der Waals surface area contributed by atoms with Crippen molar-refractivity contribution in [1.29, 1.82) is 0 Å². The Kier molecular flexibility index (Phi) is 5.49. The number of carbonyl (C=O) groups excluding carboxylic acids is 1. The highest BCUT2D eigenvalue weighted by Crippen LogP contribution is 2.27. The second-order valence-corrected chi connectivity index (χ2v) is 9.31. The highest BCUT2D eigenvalue weighted by Gasteiger charge is 2.21. The molecule has 1 aliphatic heterocycles. The van der Waals surface area contributed by atoms with Crippen LogP contribution in [0.2, 0.25) is 5.15 Å². The van der Waals surface area contributed by atoms with Crippen LogP contribution in [0.15, 0.2) is 34.7 Å². The van der Waals surface area contributed by atoms with Crippen LogP contribution < -0.4 is 15.5 Å². The van der Waals surface area contributed by atoms with Gasteiger partial charge in [0, 0.05) is 24.8 Å². The Morgan fingerprint density at radius 1 is 1.21 bits per heavy atom. The third-order valence-corrected chi connectivity index (χ3v) is 6.07. The number of aromatic nitrogens is 2. The van der Waals surface area contributed by atoms with E-state index in [1.54, 1.807) is 6.07 Å². The Morgan fingerprint density at radius 2 is 2.00 bits per heavy atom. The fourth-order valence-corrected chi connectivity index (χ4v) is 3.94. The van der Waals surface area contributed by atoms with Gasteiger partial charge in [0.15, 0.2) is 5.58 Å². The minimum atomic E-state index is -0.336. The zero-order chi connectivity index (χ0) is 19.7. The van der Waals surface area contributed by atoms with Crippen LogP contribution in [0, 0.1) is 0 Å². The SMILES string of the molecule is CP(C)c1cccc(NC(=O)c2cc3oc(N4CCOCC4)nc3nc2Cl)c1. The molecular weight excluding hydrogens is 399 g/mol. The van der Waals surface area contributed by atoms with Crippen LogP contribution in [0.1, 0.15) is 10.4 Å². The molecule has 1 fully saturated rings. The number of hydrogen-bond acceptors (Lipinski definition) is 6. The van der Waals surface area contributed by atoms with Gasteiger partial charge in [-0.15, -0.1) is 0 Å². The zero-order valence-electron chi connectivity index (χ0n) is 15.6. The van der Waals surface area contributed by atoms with Crippen LogP contribution in [0.3, 0.4) is 0 Å². The standard InChI is InChI=1S/C19H20ClN4O3P/c1-28(2)13-5-3-4-12(10-13)21-18(25)14-11-15-17(22-16(14)20)23-19(27-15)24-6-8-26-9-7-24/h3-5,10-11H,6-9H2,1-2H3,(H,21,25). The largest absolute Gasteiger partial charge is 0.422 e. The molecule has 2 aromatic heterocycles. The summed E-state index contributed by atoms with van der Waals surface area (Å²) in [6.45, 7) is 6.97. The summed E-state index contributed by atoms with van der Waals surface area (Å²) in [5.41, 5.74) is 1.78. The van der Waals surface area contributed by atoms with Crippen molar-refractivity contribution in [2.24, 2.45) is 0 Å². The molecule has 0 radical (unpaired) electrons. The molecule has 1 aromatic carbocycles. The molecule has 1 N–H and O–H groups in total. The number of carbonyl (C=O) groups is 1. The average molecular weight is 419 g/mol. The maximum absolute atomic E-state index is 12.7. The van der Waals surface area contributed by atoms with Crippen molar-refractivity contribution in [3.63, 3.8) is 0 Å². The number of hydrogen-bond donors (Lipinski definition) is 1. The lowest BCUT2D eigenvalue weighted by Gasteiger charge is -2.24. The van der Waals surface area contributed by atoms with E-state index in [1.165, 1.54) is 5.30 Å². The predicted molar refractivity (Wildman–Crippen MR) is 113 cm³/mol. The first-order valence-corrected chi connectivity index (χ1v) is 11.5. The van der Waals surface area contributed by atoms with Gasteiger partial charge < -0.3 is 19.4 Å². The molecular formula is C19H20ClN4O3P. The Morgan fingerprint density at radius 3 is 2.75 bits per heavy atom. The lowest BCUT2D eigenvalue weighted by Crippen LogP contribution is -2.36. The fraction of sp³-hybridized carbons (Fsp3) is 0.316. The fourth-order valence-electron chi connectivity index (χ4n) is 2.94. The van der Waals surface area contributed by atoms with Gasteiger partial charge in [0.05, 0.1) is 18.8 Å². The smallest absolute Gasteiger partial charge is 0.300 e. The van der Waals surface area contributed by atoms with Crippen molar-refractivity contribution in [3.8, 4) is 0 Å². The molecule has 3 heterocycles. The van der Waals surface area contributed by atoms with E-state index in [1.807, 2.05) is 23.1 Å². The van der Waals surface area contributed by atoms with Gasteiger partial charge in [0.25, 0.3) is 11.9 Å². The van der Waals surface area contributed by atoms with Crippen molar-refractivity contribution in [1.82, 2.24) is 9.97 Å². The molecule has 0 unspecified atom stereocenters. The molecule has 9 heteroatoms. The molecule has 7 nitrogen and oxygen atoms in total. The molecule has 4 rings (SSSR count). The molecule has 0 atom stereocenters. The van der Waals surface area contributed by atoms with Gasteiger partial charge in [-0.05, 0) is 30.8 Å². The zero-order valence-corrected chi connectivity index (χ0v) is 17.3. The number of rotatable bonds is 4. The molecule has 3 aromatic rings. The lowest BCUT2D eigenvalue weighted by atomic mass is 10.2. The van der Waals surface area contributed by atoms with Crippen LogP contribution in [0.5, 0.6) is 0 Å². The predicted octanol–water partition coefficient (Wildman–Crippen LogP) is 3.33. The van der Waals surface area contributed by atoms with Gasteiger partial charge in [-0.2, -0.15) is 4.98 Å². The van der Waals surface area contributed by atoms with E-state index in [-0.39, 0.29) is 24.5 Å². The maximum atomic E-state index is 12.7. The third kappa shape index (κ3) is 3.97. The number of pyridine rings is 1. The summed E-state index contributed by atoms with van der Waals surface area (Å²) in [6.07, 6.45) is 0. The number of nitrogens with one attached hydrogen (secondary N) is 1. The highest BCUT2D eigenvalue weighted by molar-refractivity contribution is 7.64. The van der Waals surface area contributed by atoms with E-state index in [4.69, 9.17) is 20.8 Å². The number of halogens is 1. The van der Waals surface area contributed by atoms with E-state index < -0.39 is 0 Å². The molecule has 1 saturated heterocycles. The van der Waals surface area contributed by atoms with Crippen LogP contribution >= 0.6 is 19.5 Å². The second kappa shape index (κ2) is 8.03. The monoisotopic (exact) mass is 418 g/mol. The number of morpholine rings is 1. The van der Waals surface area contributed by atoms with Crippen LogP contribution in [-0.2, 0) is 4.74 Å². The van der Waals surface area contributed by atoms with Crippen molar-refractivity contribution >= 4 is 53.7 Å². The van der Waals surface area contributed by atoms with Crippen LogP contribution in [0.4, 0.5) is 11.7 Å². The maximum Gasteiger partial charge on any atom is 0.300 e. The molecule has 1 amide bonds. The third-order valence-electron chi connectivity index (χ3n) is 4.47. The molecule has 0 aliphatic carbocycles.